The number of likely N-dealkylation sites (N-methyl/N-ethyl adjacent to an activating group) is 1. The Labute approximate surface area is 146 Å². The molecule has 1 aliphatic rings. The minimum Gasteiger partial charge on any atom is -0.304 e. The molecule has 0 radical (unpaired) electrons. The standard InChI is InChI=1S/C17H23N5OS/c1-12-4-6-14(7-5-12)16-19-20-17(24-16)18-15(23)13(2)22-10-8-21(3)9-11-22/h4-7,13H,8-11H2,1-3H3,(H,18,20,23). The zero-order valence-electron chi connectivity index (χ0n) is 14.3. The molecule has 1 aromatic heterocycles. The summed E-state index contributed by atoms with van der Waals surface area (Å²) in [6.45, 7) is 7.81. The van der Waals surface area contributed by atoms with Crippen LogP contribution in [0.25, 0.3) is 10.6 Å². The Morgan fingerprint density at radius 1 is 1.17 bits per heavy atom. The van der Waals surface area contributed by atoms with Crippen LogP contribution in [0.4, 0.5) is 5.13 Å². The minimum atomic E-state index is -0.162. The van der Waals surface area contributed by atoms with E-state index in [1.165, 1.54) is 16.9 Å². The fourth-order valence-electron chi connectivity index (χ4n) is 2.67. The lowest BCUT2D eigenvalue weighted by atomic mass is 10.2. The molecule has 1 atom stereocenters. The first-order valence-corrected chi connectivity index (χ1v) is 8.98. The molecule has 2 heterocycles. The number of aryl methyl sites for hydroxylation is 1. The molecule has 1 unspecified atom stereocenters. The van der Waals surface area contributed by atoms with E-state index in [1.54, 1.807) is 0 Å². The molecule has 1 aliphatic heterocycles. The van der Waals surface area contributed by atoms with Gasteiger partial charge in [0.15, 0.2) is 0 Å². The summed E-state index contributed by atoms with van der Waals surface area (Å²) in [5.41, 5.74) is 2.23. The van der Waals surface area contributed by atoms with E-state index < -0.39 is 0 Å². The Morgan fingerprint density at radius 2 is 1.83 bits per heavy atom. The number of nitrogens with zero attached hydrogens (tertiary/aromatic N) is 4. The maximum atomic E-state index is 12.5. The van der Waals surface area contributed by atoms with Crippen LogP contribution in [-0.2, 0) is 4.79 Å². The predicted octanol–water partition coefficient (Wildman–Crippen LogP) is 2.09. The van der Waals surface area contributed by atoms with Gasteiger partial charge in [-0.3, -0.25) is 15.0 Å². The molecule has 2 aromatic rings. The quantitative estimate of drug-likeness (QED) is 0.919. The van der Waals surface area contributed by atoms with Crippen molar-refractivity contribution in [3.05, 3.63) is 29.8 Å². The van der Waals surface area contributed by atoms with Crippen LogP contribution in [0.2, 0.25) is 0 Å². The van der Waals surface area contributed by atoms with Crippen LogP contribution in [0.3, 0.4) is 0 Å². The normalized spacial score (nSPS) is 17.6. The van der Waals surface area contributed by atoms with E-state index in [2.05, 4.69) is 39.3 Å². The maximum absolute atomic E-state index is 12.5. The SMILES string of the molecule is Cc1ccc(-c2nnc(NC(=O)C(C)N3CCN(C)CC3)s2)cc1. The molecule has 1 saturated heterocycles. The van der Waals surface area contributed by atoms with Crippen LogP contribution < -0.4 is 5.32 Å². The van der Waals surface area contributed by atoms with Gasteiger partial charge in [0.25, 0.3) is 0 Å². The Morgan fingerprint density at radius 3 is 2.50 bits per heavy atom. The molecule has 7 heteroatoms. The number of carbonyl (C=O) groups excluding carboxylic acids is 1. The molecule has 24 heavy (non-hydrogen) atoms. The Kier molecular flexibility index (Phi) is 5.23. The first-order chi connectivity index (χ1) is 11.5. The topological polar surface area (TPSA) is 61.4 Å². The third-order valence-corrected chi connectivity index (χ3v) is 5.31. The number of piperazine rings is 1. The number of aromatic nitrogens is 2. The van der Waals surface area contributed by atoms with Crippen molar-refractivity contribution in [3.63, 3.8) is 0 Å². The summed E-state index contributed by atoms with van der Waals surface area (Å²) in [5, 5.41) is 12.6. The van der Waals surface area contributed by atoms with Crippen molar-refractivity contribution >= 4 is 22.4 Å². The highest BCUT2D eigenvalue weighted by Crippen LogP contribution is 2.26. The number of anilines is 1. The number of rotatable bonds is 4. The molecule has 0 saturated carbocycles. The van der Waals surface area contributed by atoms with Gasteiger partial charge < -0.3 is 4.90 Å². The Balaban J connectivity index is 1.61. The van der Waals surface area contributed by atoms with Crippen molar-refractivity contribution in [2.24, 2.45) is 0 Å². The van der Waals surface area contributed by atoms with Crippen LogP contribution in [0, 0.1) is 6.92 Å². The fraction of sp³-hybridized carbons (Fsp3) is 0.471. The predicted molar refractivity (Wildman–Crippen MR) is 97.2 cm³/mol. The molecule has 3 rings (SSSR count). The van der Waals surface area contributed by atoms with Crippen molar-refractivity contribution in [1.82, 2.24) is 20.0 Å². The second kappa shape index (κ2) is 7.38. The monoisotopic (exact) mass is 345 g/mol. The van der Waals surface area contributed by atoms with Crippen molar-refractivity contribution in [3.8, 4) is 10.6 Å². The van der Waals surface area contributed by atoms with Crippen molar-refractivity contribution in [1.29, 1.82) is 0 Å². The van der Waals surface area contributed by atoms with Crippen LogP contribution in [0.15, 0.2) is 24.3 Å². The third kappa shape index (κ3) is 3.98. The molecule has 0 aliphatic carbocycles. The van der Waals surface area contributed by atoms with Crippen molar-refractivity contribution < 1.29 is 4.79 Å². The van der Waals surface area contributed by atoms with Crippen LogP contribution in [0.1, 0.15) is 12.5 Å². The summed E-state index contributed by atoms with van der Waals surface area (Å²) in [5.74, 6) is -0.0221. The number of benzene rings is 1. The first-order valence-electron chi connectivity index (χ1n) is 8.17. The van der Waals surface area contributed by atoms with Crippen molar-refractivity contribution in [2.75, 3.05) is 38.5 Å². The van der Waals surface area contributed by atoms with E-state index in [0.29, 0.717) is 5.13 Å². The summed E-state index contributed by atoms with van der Waals surface area (Å²) in [6, 6.07) is 7.97. The van der Waals surface area contributed by atoms with Gasteiger partial charge in [0.05, 0.1) is 6.04 Å². The van der Waals surface area contributed by atoms with Gasteiger partial charge in [0.1, 0.15) is 5.01 Å². The number of amides is 1. The van der Waals surface area contributed by atoms with E-state index in [-0.39, 0.29) is 11.9 Å². The summed E-state index contributed by atoms with van der Waals surface area (Å²) < 4.78 is 0. The molecule has 1 fully saturated rings. The number of hydrogen-bond acceptors (Lipinski definition) is 6. The summed E-state index contributed by atoms with van der Waals surface area (Å²) >= 11 is 1.40. The molecule has 6 nitrogen and oxygen atoms in total. The maximum Gasteiger partial charge on any atom is 0.243 e. The van der Waals surface area contributed by atoms with Gasteiger partial charge in [-0.15, -0.1) is 10.2 Å². The molecule has 0 bridgehead atoms. The van der Waals surface area contributed by atoms with Gasteiger partial charge in [0.2, 0.25) is 11.0 Å². The number of hydrogen-bond donors (Lipinski definition) is 1. The smallest absolute Gasteiger partial charge is 0.243 e. The Hall–Kier alpha value is -1.83. The fourth-order valence-corrected chi connectivity index (χ4v) is 3.42. The van der Waals surface area contributed by atoms with Crippen LogP contribution in [-0.4, -0.2) is 65.2 Å². The second-order valence-corrected chi connectivity index (χ2v) is 7.26. The highest BCUT2D eigenvalue weighted by molar-refractivity contribution is 7.18. The second-order valence-electron chi connectivity index (χ2n) is 6.28. The highest BCUT2D eigenvalue weighted by Gasteiger charge is 2.25. The van der Waals surface area contributed by atoms with Gasteiger partial charge in [0, 0.05) is 31.7 Å². The van der Waals surface area contributed by atoms with Crippen LogP contribution >= 0.6 is 11.3 Å². The lowest BCUT2D eigenvalue weighted by Crippen LogP contribution is -2.51. The van der Waals surface area contributed by atoms with Gasteiger partial charge in [-0.25, -0.2) is 0 Å². The van der Waals surface area contributed by atoms with E-state index in [9.17, 15) is 4.79 Å². The molecule has 1 N–H and O–H groups in total. The lowest BCUT2D eigenvalue weighted by molar-refractivity contribution is -0.121. The van der Waals surface area contributed by atoms with E-state index >= 15 is 0 Å². The summed E-state index contributed by atoms with van der Waals surface area (Å²) in [6.07, 6.45) is 0. The zero-order chi connectivity index (χ0) is 17.1. The average Bonchev–Trinajstić information content (AvgIpc) is 3.04. The highest BCUT2D eigenvalue weighted by atomic mass is 32.1. The first kappa shape index (κ1) is 17.0. The molecule has 0 spiro atoms. The van der Waals surface area contributed by atoms with Crippen molar-refractivity contribution in [2.45, 2.75) is 19.9 Å². The zero-order valence-corrected chi connectivity index (χ0v) is 15.1. The number of carbonyl (C=O) groups is 1. The average molecular weight is 345 g/mol. The van der Waals surface area contributed by atoms with Gasteiger partial charge in [-0.2, -0.15) is 0 Å². The van der Waals surface area contributed by atoms with E-state index in [4.69, 9.17) is 0 Å². The summed E-state index contributed by atoms with van der Waals surface area (Å²) in [4.78, 5) is 16.9. The lowest BCUT2D eigenvalue weighted by Gasteiger charge is -2.35. The van der Waals surface area contributed by atoms with E-state index in [1.807, 2.05) is 31.2 Å². The Bertz CT molecular complexity index is 691. The van der Waals surface area contributed by atoms with Crippen LogP contribution in [0.5, 0.6) is 0 Å². The van der Waals surface area contributed by atoms with Gasteiger partial charge in [-0.05, 0) is 20.9 Å². The molecular weight excluding hydrogens is 322 g/mol. The van der Waals surface area contributed by atoms with Gasteiger partial charge in [-0.1, -0.05) is 41.2 Å². The molecule has 1 aromatic carbocycles. The molecular formula is C17H23N5OS. The minimum absolute atomic E-state index is 0.0221. The van der Waals surface area contributed by atoms with Gasteiger partial charge >= 0.3 is 0 Å². The number of nitrogens with one attached hydrogen (secondary N) is 1. The third-order valence-electron chi connectivity index (χ3n) is 4.42. The molecule has 128 valence electrons. The largest absolute Gasteiger partial charge is 0.304 e. The summed E-state index contributed by atoms with van der Waals surface area (Å²) in [7, 11) is 2.11. The molecule has 1 amide bonds. The van der Waals surface area contributed by atoms with E-state index in [0.717, 1.165) is 36.8 Å².